The number of pyridine rings is 1. The summed E-state index contributed by atoms with van der Waals surface area (Å²) in [5.41, 5.74) is 11.8. The number of rotatable bonds is 2. The number of nitrogen functional groups attached to an aromatic ring is 1. The Kier molecular flexibility index (Phi) is 2.40. The van der Waals surface area contributed by atoms with E-state index in [4.69, 9.17) is 11.5 Å². The first kappa shape index (κ1) is 8.67. The third-order valence-corrected chi connectivity index (χ3v) is 1.53. The maximum Gasteiger partial charge on any atom is 0.182 e. The lowest BCUT2D eigenvalue weighted by atomic mass is 10.1. The maximum atomic E-state index is 11.3. The second kappa shape index (κ2) is 3.32. The summed E-state index contributed by atoms with van der Waals surface area (Å²) in [4.78, 5) is 15.1. The van der Waals surface area contributed by atoms with E-state index in [2.05, 4.69) is 4.98 Å². The van der Waals surface area contributed by atoms with E-state index in [9.17, 15) is 4.79 Å². The lowest BCUT2D eigenvalue weighted by Crippen LogP contribution is -2.27. The van der Waals surface area contributed by atoms with Crippen molar-refractivity contribution in [1.29, 1.82) is 0 Å². The molecule has 0 radical (unpaired) electrons. The van der Waals surface area contributed by atoms with Gasteiger partial charge in [0, 0.05) is 18.1 Å². The Labute approximate surface area is 70.6 Å². The lowest BCUT2D eigenvalue weighted by Gasteiger charge is -2.05. The molecule has 64 valence electrons. The molecule has 1 atom stereocenters. The first-order valence-corrected chi connectivity index (χ1v) is 3.62. The van der Waals surface area contributed by atoms with Gasteiger partial charge in [-0.2, -0.15) is 0 Å². The van der Waals surface area contributed by atoms with Crippen molar-refractivity contribution in [3.8, 4) is 0 Å². The van der Waals surface area contributed by atoms with Gasteiger partial charge in [-0.15, -0.1) is 0 Å². The number of ketones is 1. The van der Waals surface area contributed by atoms with Crippen LogP contribution < -0.4 is 11.5 Å². The zero-order chi connectivity index (χ0) is 9.14. The Morgan fingerprint density at radius 1 is 1.67 bits per heavy atom. The standard InChI is InChI=1S/C8H11N3O/c1-5(9)8(12)6-4-11-3-2-7(6)10/h2-5H,9H2,1H3,(H2,10,11). The molecule has 0 aliphatic rings. The van der Waals surface area contributed by atoms with Crippen molar-refractivity contribution in [3.05, 3.63) is 24.0 Å². The summed E-state index contributed by atoms with van der Waals surface area (Å²) in [5.74, 6) is -0.180. The van der Waals surface area contributed by atoms with E-state index in [-0.39, 0.29) is 5.78 Å². The molecule has 1 heterocycles. The van der Waals surface area contributed by atoms with E-state index in [0.717, 1.165) is 0 Å². The number of carbonyl (C=O) groups excluding carboxylic acids is 1. The number of hydrogen-bond acceptors (Lipinski definition) is 4. The molecule has 4 heteroatoms. The number of hydrogen-bond donors (Lipinski definition) is 2. The van der Waals surface area contributed by atoms with Crippen molar-refractivity contribution in [2.45, 2.75) is 13.0 Å². The second-order valence-corrected chi connectivity index (χ2v) is 2.62. The molecular weight excluding hydrogens is 154 g/mol. The molecule has 0 spiro atoms. The van der Waals surface area contributed by atoms with Crippen molar-refractivity contribution in [2.75, 3.05) is 5.73 Å². The van der Waals surface area contributed by atoms with Gasteiger partial charge in [-0.1, -0.05) is 0 Å². The molecule has 0 aliphatic heterocycles. The smallest absolute Gasteiger partial charge is 0.182 e. The highest BCUT2D eigenvalue weighted by molar-refractivity contribution is 6.03. The van der Waals surface area contributed by atoms with Gasteiger partial charge >= 0.3 is 0 Å². The van der Waals surface area contributed by atoms with E-state index in [0.29, 0.717) is 11.3 Å². The van der Waals surface area contributed by atoms with Crippen LogP contribution in [0.5, 0.6) is 0 Å². The van der Waals surface area contributed by atoms with Crippen molar-refractivity contribution in [3.63, 3.8) is 0 Å². The number of anilines is 1. The van der Waals surface area contributed by atoms with Gasteiger partial charge in [-0.3, -0.25) is 9.78 Å². The molecule has 4 N–H and O–H groups in total. The van der Waals surface area contributed by atoms with Crippen molar-refractivity contribution in [1.82, 2.24) is 4.98 Å². The number of nitrogens with two attached hydrogens (primary N) is 2. The van der Waals surface area contributed by atoms with Gasteiger partial charge in [0.2, 0.25) is 0 Å². The first-order chi connectivity index (χ1) is 5.63. The molecule has 0 aromatic carbocycles. The van der Waals surface area contributed by atoms with Crippen LogP contribution in [-0.4, -0.2) is 16.8 Å². The minimum Gasteiger partial charge on any atom is -0.398 e. The van der Waals surface area contributed by atoms with Crippen LogP contribution >= 0.6 is 0 Å². The lowest BCUT2D eigenvalue weighted by molar-refractivity contribution is 0.0968. The summed E-state index contributed by atoms with van der Waals surface area (Å²) in [6, 6.07) is 1.05. The topological polar surface area (TPSA) is 82.0 Å². The number of nitrogens with zero attached hydrogens (tertiary/aromatic N) is 1. The Balaban J connectivity index is 3.03. The summed E-state index contributed by atoms with van der Waals surface area (Å²) in [6.45, 7) is 1.62. The highest BCUT2D eigenvalue weighted by atomic mass is 16.1. The van der Waals surface area contributed by atoms with Gasteiger partial charge < -0.3 is 11.5 Å². The van der Waals surface area contributed by atoms with Crippen LogP contribution in [0.2, 0.25) is 0 Å². The van der Waals surface area contributed by atoms with Crippen molar-refractivity contribution >= 4 is 11.5 Å². The Bertz CT molecular complexity index is 296. The quantitative estimate of drug-likeness (QED) is 0.613. The fraction of sp³-hybridized carbons (Fsp3) is 0.250. The largest absolute Gasteiger partial charge is 0.398 e. The van der Waals surface area contributed by atoms with Crippen LogP contribution in [0, 0.1) is 0 Å². The van der Waals surface area contributed by atoms with Crippen LogP contribution in [0.25, 0.3) is 0 Å². The van der Waals surface area contributed by atoms with Crippen LogP contribution in [-0.2, 0) is 0 Å². The summed E-state index contributed by atoms with van der Waals surface area (Å²) in [7, 11) is 0. The Morgan fingerprint density at radius 3 is 2.83 bits per heavy atom. The van der Waals surface area contributed by atoms with Gasteiger partial charge in [-0.05, 0) is 13.0 Å². The molecule has 0 saturated heterocycles. The minimum absolute atomic E-state index is 0.180. The van der Waals surface area contributed by atoms with Crippen LogP contribution in [0.3, 0.4) is 0 Å². The zero-order valence-electron chi connectivity index (χ0n) is 6.82. The maximum absolute atomic E-state index is 11.3. The molecule has 1 rings (SSSR count). The predicted octanol–water partition coefficient (Wildman–Crippen LogP) is 0.194. The third kappa shape index (κ3) is 1.60. The predicted molar refractivity (Wildman–Crippen MR) is 46.6 cm³/mol. The summed E-state index contributed by atoms with van der Waals surface area (Å²) >= 11 is 0. The van der Waals surface area contributed by atoms with Crippen molar-refractivity contribution in [2.24, 2.45) is 5.73 Å². The van der Waals surface area contributed by atoms with E-state index < -0.39 is 6.04 Å². The van der Waals surface area contributed by atoms with Crippen LogP contribution in [0.4, 0.5) is 5.69 Å². The van der Waals surface area contributed by atoms with Gasteiger partial charge in [0.25, 0.3) is 0 Å². The van der Waals surface area contributed by atoms with Crippen molar-refractivity contribution < 1.29 is 4.79 Å². The van der Waals surface area contributed by atoms with E-state index >= 15 is 0 Å². The monoisotopic (exact) mass is 165 g/mol. The second-order valence-electron chi connectivity index (χ2n) is 2.62. The molecular formula is C8H11N3O. The zero-order valence-corrected chi connectivity index (χ0v) is 6.82. The molecule has 1 unspecified atom stereocenters. The van der Waals surface area contributed by atoms with E-state index in [1.807, 2.05) is 0 Å². The van der Waals surface area contributed by atoms with Gasteiger partial charge in [0.05, 0.1) is 11.6 Å². The molecule has 1 aromatic heterocycles. The molecule has 4 nitrogen and oxygen atoms in total. The Morgan fingerprint density at radius 2 is 2.33 bits per heavy atom. The molecule has 1 aromatic rings. The Hall–Kier alpha value is -1.42. The molecule has 0 fully saturated rings. The van der Waals surface area contributed by atoms with Gasteiger partial charge in [-0.25, -0.2) is 0 Å². The van der Waals surface area contributed by atoms with Crippen LogP contribution in [0.1, 0.15) is 17.3 Å². The average Bonchev–Trinajstić information content (AvgIpc) is 2.04. The normalized spacial score (nSPS) is 12.5. The van der Waals surface area contributed by atoms with Gasteiger partial charge in [0.1, 0.15) is 0 Å². The molecule has 0 saturated carbocycles. The summed E-state index contributed by atoms with van der Waals surface area (Å²) in [5, 5.41) is 0. The summed E-state index contributed by atoms with van der Waals surface area (Å²) in [6.07, 6.45) is 2.97. The van der Waals surface area contributed by atoms with E-state index in [1.165, 1.54) is 12.4 Å². The fourth-order valence-electron chi connectivity index (χ4n) is 0.856. The number of aromatic nitrogens is 1. The molecule has 0 bridgehead atoms. The van der Waals surface area contributed by atoms with Crippen LogP contribution in [0.15, 0.2) is 18.5 Å². The molecule has 0 aliphatic carbocycles. The first-order valence-electron chi connectivity index (χ1n) is 3.62. The number of Topliss-reactive ketones (excluding diaryl/α,β-unsaturated/α-hetero) is 1. The molecule has 0 amide bonds. The summed E-state index contributed by atoms with van der Waals surface area (Å²) < 4.78 is 0. The number of carbonyl (C=O) groups is 1. The average molecular weight is 165 g/mol. The highest BCUT2D eigenvalue weighted by Gasteiger charge is 2.13. The molecule has 12 heavy (non-hydrogen) atoms. The highest BCUT2D eigenvalue weighted by Crippen LogP contribution is 2.10. The SMILES string of the molecule is CC(N)C(=O)c1cnccc1N. The minimum atomic E-state index is -0.531. The third-order valence-electron chi connectivity index (χ3n) is 1.53. The van der Waals surface area contributed by atoms with Gasteiger partial charge in [0.15, 0.2) is 5.78 Å². The fourth-order valence-corrected chi connectivity index (χ4v) is 0.856. The van der Waals surface area contributed by atoms with E-state index in [1.54, 1.807) is 13.0 Å².